The number of fused-ring (bicyclic) bond motifs is 1. The van der Waals surface area contributed by atoms with Crippen LogP contribution in [0.1, 0.15) is 0 Å². The van der Waals surface area contributed by atoms with Crippen molar-refractivity contribution in [2.75, 3.05) is 0 Å². The summed E-state index contributed by atoms with van der Waals surface area (Å²) in [5.41, 5.74) is 0. The van der Waals surface area contributed by atoms with Gasteiger partial charge in [-0.2, -0.15) is 0 Å². The highest BCUT2D eigenvalue weighted by atomic mass is 13.9. The minimum atomic E-state index is 1.31. The van der Waals surface area contributed by atoms with E-state index < -0.39 is 0 Å². The molecule has 2 aromatic carbocycles. The first kappa shape index (κ1) is 12.0. The van der Waals surface area contributed by atoms with Crippen molar-refractivity contribution in [3.63, 3.8) is 0 Å². The second-order valence-electron chi connectivity index (χ2n) is 3.21. The molecule has 0 atom stereocenters. The summed E-state index contributed by atoms with van der Waals surface area (Å²) in [6.45, 7) is 4.00. The molecule has 0 N–H and O–H groups in total. The Morgan fingerprint density at radius 2 is 1.00 bits per heavy atom. The molecule has 0 bridgehead atoms. The first-order valence-corrected chi connectivity index (χ1v) is 5.23. The predicted molar refractivity (Wildman–Crippen MR) is 72.9 cm³/mol. The summed E-state index contributed by atoms with van der Waals surface area (Å²) >= 11 is 0. The van der Waals surface area contributed by atoms with Gasteiger partial charge in [0.2, 0.25) is 0 Å². The molecule has 2 aromatic rings. The quantitative estimate of drug-likeness (QED) is 0.639. The Labute approximate surface area is 94.8 Å². The Morgan fingerprint density at radius 3 is 1.20 bits per heavy atom. The van der Waals surface area contributed by atoms with Crippen LogP contribution in [0.5, 0.6) is 0 Å². The molecule has 0 unspecified atom stereocenters. The van der Waals surface area contributed by atoms with E-state index in [-0.39, 0.29) is 0 Å². The van der Waals surface area contributed by atoms with Gasteiger partial charge in [0, 0.05) is 7.06 Å². The van der Waals surface area contributed by atoms with Gasteiger partial charge >= 0.3 is 0 Å². The summed E-state index contributed by atoms with van der Waals surface area (Å²) in [6, 6.07) is 16.7. The van der Waals surface area contributed by atoms with E-state index in [9.17, 15) is 0 Å². The molecule has 15 heavy (non-hydrogen) atoms. The largest absolute Gasteiger partial charge is 0.101 e. The molecular formula is C12H14B3. The third kappa shape index (κ3) is 4.29. The molecular weight excluding hydrogens is 177 g/mol. The van der Waals surface area contributed by atoms with E-state index in [0.29, 0.717) is 0 Å². The smallest absolute Gasteiger partial charge is 0.0510 e. The highest BCUT2D eigenvalue weighted by Crippen LogP contribution is 2.11. The first-order valence-electron chi connectivity index (χ1n) is 5.23. The summed E-state index contributed by atoms with van der Waals surface area (Å²) < 4.78 is 0. The van der Waals surface area contributed by atoms with Crippen LogP contribution in [0.4, 0.5) is 0 Å². The van der Waals surface area contributed by atoms with E-state index in [2.05, 4.69) is 48.5 Å². The van der Waals surface area contributed by atoms with Gasteiger partial charge in [-0.05, 0) is 10.8 Å². The van der Waals surface area contributed by atoms with E-state index in [1.165, 1.54) is 10.8 Å². The van der Waals surface area contributed by atoms with Gasteiger partial charge in [0.1, 0.15) is 0 Å². The van der Waals surface area contributed by atoms with Crippen LogP contribution in [-0.2, 0) is 0 Å². The second-order valence-corrected chi connectivity index (χ2v) is 3.21. The molecule has 3 radical (unpaired) electrons. The van der Waals surface area contributed by atoms with Crippen LogP contribution in [0.25, 0.3) is 10.8 Å². The minimum Gasteiger partial charge on any atom is -0.101 e. The molecule has 0 aliphatic carbocycles. The lowest BCUT2D eigenvalue weighted by Gasteiger charge is -1.92. The number of benzene rings is 2. The summed E-state index contributed by atoms with van der Waals surface area (Å²) in [7, 11) is 6.00. The van der Waals surface area contributed by atoms with Crippen molar-refractivity contribution >= 4 is 32.2 Å². The highest BCUT2D eigenvalue weighted by Gasteiger charge is 1.85. The molecule has 0 nitrogen and oxygen atoms in total. The summed E-state index contributed by atoms with van der Waals surface area (Å²) in [6.07, 6.45) is 0. The SMILES string of the molecule is C[B][B][B]C.c1ccc2ccccc2c1. The minimum absolute atomic E-state index is 1.31. The van der Waals surface area contributed by atoms with Crippen molar-refractivity contribution < 1.29 is 0 Å². The van der Waals surface area contributed by atoms with Crippen molar-refractivity contribution in [2.24, 2.45) is 0 Å². The maximum atomic E-state index is 2.12. The molecule has 0 heterocycles. The van der Waals surface area contributed by atoms with Crippen molar-refractivity contribution in [1.29, 1.82) is 0 Å². The lowest BCUT2D eigenvalue weighted by atomic mass is 9.21. The molecule has 0 saturated carbocycles. The van der Waals surface area contributed by atoms with Crippen molar-refractivity contribution in [3.05, 3.63) is 48.5 Å². The Bertz CT molecular complexity index is 320. The van der Waals surface area contributed by atoms with Crippen molar-refractivity contribution in [3.8, 4) is 0 Å². The maximum absolute atomic E-state index is 2.12. The maximum Gasteiger partial charge on any atom is 0.0510 e. The fourth-order valence-electron chi connectivity index (χ4n) is 1.33. The fraction of sp³-hybridized carbons (Fsp3) is 0.167. The third-order valence-electron chi connectivity index (χ3n) is 2.04. The molecule has 0 aromatic heterocycles. The summed E-state index contributed by atoms with van der Waals surface area (Å²) in [4.78, 5) is 0. The van der Waals surface area contributed by atoms with Gasteiger partial charge in [-0.15, -0.1) is 13.6 Å². The molecule has 0 fully saturated rings. The first-order chi connectivity index (χ1) is 7.38. The third-order valence-corrected chi connectivity index (χ3v) is 2.04. The Kier molecular flexibility index (Phi) is 5.76. The van der Waals surface area contributed by atoms with Crippen LogP contribution in [0.2, 0.25) is 13.6 Å². The lowest BCUT2D eigenvalue weighted by Crippen LogP contribution is -2.03. The molecule has 71 valence electrons. The van der Waals surface area contributed by atoms with Gasteiger partial charge in [-0.25, -0.2) is 0 Å². The zero-order valence-electron chi connectivity index (χ0n) is 9.35. The van der Waals surface area contributed by atoms with Gasteiger partial charge < -0.3 is 0 Å². The Morgan fingerprint density at radius 1 is 0.667 bits per heavy atom. The molecule has 0 amide bonds. The van der Waals surface area contributed by atoms with Crippen LogP contribution in [0, 0.1) is 0 Å². The topological polar surface area (TPSA) is 0 Å². The lowest BCUT2D eigenvalue weighted by molar-refractivity contribution is 1.75. The molecule has 0 saturated heterocycles. The molecule has 0 aliphatic rings. The molecule has 0 spiro atoms. The number of hydrogen-bond acceptors (Lipinski definition) is 0. The van der Waals surface area contributed by atoms with E-state index >= 15 is 0 Å². The number of hydrogen-bond donors (Lipinski definition) is 0. The van der Waals surface area contributed by atoms with Crippen LogP contribution in [-0.4, -0.2) is 21.4 Å². The fourth-order valence-corrected chi connectivity index (χ4v) is 1.33. The van der Waals surface area contributed by atoms with Gasteiger partial charge in [0.05, 0.1) is 14.3 Å². The van der Waals surface area contributed by atoms with Gasteiger partial charge in [-0.3, -0.25) is 0 Å². The van der Waals surface area contributed by atoms with E-state index in [0.717, 1.165) is 0 Å². The second kappa shape index (κ2) is 7.22. The summed E-state index contributed by atoms with van der Waals surface area (Å²) in [5, 5.41) is 2.62. The van der Waals surface area contributed by atoms with Crippen molar-refractivity contribution in [2.45, 2.75) is 13.6 Å². The van der Waals surface area contributed by atoms with Crippen molar-refractivity contribution in [1.82, 2.24) is 0 Å². The van der Waals surface area contributed by atoms with E-state index in [4.69, 9.17) is 0 Å². The standard InChI is InChI=1S/C10H8.C2H6B3/c1-2-6-10-8-4-3-7-9(10)5-1;1-3-5-4-2/h1-8H;1-2H3. The van der Waals surface area contributed by atoms with Crippen LogP contribution >= 0.6 is 0 Å². The van der Waals surface area contributed by atoms with Gasteiger partial charge in [0.15, 0.2) is 0 Å². The molecule has 2 rings (SSSR count). The predicted octanol–water partition coefficient (Wildman–Crippen LogP) is 2.87. The average molecular weight is 191 g/mol. The average Bonchev–Trinajstić information content (AvgIpc) is 2.31. The Hall–Kier alpha value is -1.11. The van der Waals surface area contributed by atoms with E-state index in [1.807, 2.05) is 35.0 Å². The monoisotopic (exact) mass is 191 g/mol. The van der Waals surface area contributed by atoms with Crippen LogP contribution in [0.15, 0.2) is 48.5 Å². The molecule has 3 heteroatoms. The zero-order chi connectivity index (χ0) is 10.9. The molecule has 0 aliphatic heterocycles. The van der Waals surface area contributed by atoms with Gasteiger partial charge in [-0.1, -0.05) is 48.5 Å². The Balaban J connectivity index is 0.000000195. The number of rotatable bonds is 2. The summed E-state index contributed by atoms with van der Waals surface area (Å²) in [5.74, 6) is 0. The zero-order valence-corrected chi connectivity index (χ0v) is 9.35. The normalized spacial score (nSPS) is 8.67. The van der Waals surface area contributed by atoms with Crippen LogP contribution < -0.4 is 0 Å². The highest BCUT2D eigenvalue weighted by molar-refractivity contribution is 7.28. The van der Waals surface area contributed by atoms with Gasteiger partial charge in [0.25, 0.3) is 0 Å². The van der Waals surface area contributed by atoms with E-state index in [1.54, 1.807) is 0 Å². The van der Waals surface area contributed by atoms with Crippen LogP contribution in [0.3, 0.4) is 0 Å².